The van der Waals surface area contributed by atoms with Gasteiger partial charge in [-0.2, -0.15) is 0 Å². The van der Waals surface area contributed by atoms with Gasteiger partial charge in [0.25, 0.3) is 0 Å². The van der Waals surface area contributed by atoms with Crippen LogP contribution in [-0.4, -0.2) is 46.9 Å². The topological polar surface area (TPSA) is 79.8 Å². The van der Waals surface area contributed by atoms with Gasteiger partial charge in [0.2, 0.25) is 0 Å². The lowest BCUT2D eigenvalue weighted by molar-refractivity contribution is 0.105. The fourth-order valence-corrected chi connectivity index (χ4v) is 4.86. The van der Waals surface area contributed by atoms with Gasteiger partial charge in [0.15, 0.2) is 15.8 Å². The second-order valence-corrected chi connectivity index (χ2v) is 10.3. The number of nitrogens with zero attached hydrogens (tertiary/aromatic N) is 1. The standard InChI is InChI=1S/C22H36FN3O3S/c1-4-24-21(26-17-22(10-6-7-11-22)12-13-29-5-2)25-15-19-14-20(23)9-8-18(19)16-30(3,27)28/h8-9,14H,4-7,10-13,15-17H2,1-3H3,(H2,24,25,26). The quantitative estimate of drug-likeness (QED) is 0.313. The van der Waals surface area contributed by atoms with E-state index in [0.717, 1.165) is 26.2 Å². The summed E-state index contributed by atoms with van der Waals surface area (Å²) in [7, 11) is -3.22. The van der Waals surface area contributed by atoms with E-state index in [1.165, 1.54) is 50.1 Å². The second-order valence-electron chi connectivity index (χ2n) is 8.19. The number of rotatable bonds is 11. The van der Waals surface area contributed by atoms with Gasteiger partial charge in [-0.1, -0.05) is 18.9 Å². The fraction of sp³-hybridized carbons (Fsp3) is 0.682. The first kappa shape index (κ1) is 24.6. The zero-order chi connectivity index (χ0) is 22.0. The Balaban J connectivity index is 2.09. The summed E-state index contributed by atoms with van der Waals surface area (Å²) in [6.07, 6.45) is 7.02. The number of guanidine groups is 1. The highest BCUT2D eigenvalue weighted by atomic mass is 32.2. The lowest BCUT2D eigenvalue weighted by atomic mass is 9.83. The molecule has 1 fully saturated rings. The Bertz CT molecular complexity index is 806. The number of sulfone groups is 1. The molecular formula is C22H36FN3O3S. The van der Waals surface area contributed by atoms with Gasteiger partial charge in [-0.05, 0) is 61.8 Å². The smallest absolute Gasteiger partial charge is 0.191 e. The summed E-state index contributed by atoms with van der Waals surface area (Å²) < 4.78 is 42.8. The van der Waals surface area contributed by atoms with Crippen LogP contribution >= 0.6 is 0 Å². The predicted octanol–water partition coefficient (Wildman–Crippen LogP) is 3.41. The van der Waals surface area contributed by atoms with Crippen LogP contribution in [-0.2, 0) is 26.9 Å². The molecule has 0 aromatic heterocycles. The Morgan fingerprint density at radius 3 is 2.57 bits per heavy atom. The molecule has 0 atom stereocenters. The van der Waals surface area contributed by atoms with E-state index < -0.39 is 15.7 Å². The Hall–Kier alpha value is -1.67. The highest BCUT2D eigenvalue weighted by molar-refractivity contribution is 7.89. The lowest BCUT2D eigenvalue weighted by Gasteiger charge is -2.30. The minimum atomic E-state index is -3.22. The van der Waals surface area contributed by atoms with Crippen molar-refractivity contribution in [3.8, 4) is 0 Å². The molecule has 0 heterocycles. The molecule has 6 nitrogen and oxygen atoms in total. The summed E-state index contributed by atoms with van der Waals surface area (Å²) in [6, 6.07) is 4.19. The second kappa shape index (κ2) is 11.6. The van der Waals surface area contributed by atoms with Crippen molar-refractivity contribution in [3.63, 3.8) is 0 Å². The summed E-state index contributed by atoms with van der Waals surface area (Å²) in [5, 5.41) is 6.69. The summed E-state index contributed by atoms with van der Waals surface area (Å²) in [5.41, 5.74) is 1.39. The van der Waals surface area contributed by atoms with Gasteiger partial charge in [0.05, 0.1) is 12.3 Å². The molecule has 0 spiro atoms. The van der Waals surface area contributed by atoms with Crippen LogP contribution in [0.2, 0.25) is 0 Å². The maximum absolute atomic E-state index is 13.8. The van der Waals surface area contributed by atoms with Gasteiger partial charge >= 0.3 is 0 Å². The van der Waals surface area contributed by atoms with Crippen molar-refractivity contribution in [1.82, 2.24) is 10.6 Å². The molecule has 0 saturated heterocycles. The molecule has 170 valence electrons. The van der Waals surface area contributed by atoms with Gasteiger partial charge in [0, 0.05) is 32.6 Å². The first-order valence-corrected chi connectivity index (χ1v) is 12.9. The van der Waals surface area contributed by atoms with E-state index in [1.807, 2.05) is 13.8 Å². The van der Waals surface area contributed by atoms with E-state index in [-0.39, 0.29) is 17.7 Å². The number of ether oxygens (including phenoxy) is 1. The van der Waals surface area contributed by atoms with Gasteiger partial charge in [0.1, 0.15) is 5.82 Å². The minimum absolute atomic E-state index is 0.122. The van der Waals surface area contributed by atoms with Crippen molar-refractivity contribution in [2.75, 3.05) is 32.6 Å². The molecule has 1 aromatic carbocycles. The van der Waals surface area contributed by atoms with Crippen LogP contribution in [0.3, 0.4) is 0 Å². The van der Waals surface area contributed by atoms with Crippen LogP contribution in [0.1, 0.15) is 57.1 Å². The van der Waals surface area contributed by atoms with Gasteiger partial charge in [-0.3, -0.25) is 0 Å². The maximum Gasteiger partial charge on any atom is 0.191 e. The third-order valence-electron chi connectivity index (χ3n) is 5.61. The Morgan fingerprint density at radius 2 is 1.93 bits per heavy atom. The molecule has 1 aliphatic carbocycles. The molecule has 2 N–H and O–H groups in total. The van der Waals surface area contributed by atoms with Crippen molar-refractivity contribution in [1.29, 1.82) is 0 Å². The molecule has 1 aliphatic rings. The molecule has 30 heavy (non-hydrogen) atoms. The molecule has 0 amide bonds. The zero-order valence-corrected chi connectivity index (χ0v) is 19.3. The number of halogens is 1. The van der Waals surface area contributed by atoms with Crippen LogP contribution < -0.4 is 10.6 Å². The van der Waals surface area contributed by atoms with Crippen molar-refractivity contribution in [2.24, 2.45) is 10.4 Å². The molecule has 0 bridgehead atoms. The minimum Gasteiger partial charge on any atom is -0.382 e. The van der Waals surface area contributed by atoms with E-state index in [2.05, 4.69) is 15.6 Å². The number of hydrogen-bond acceptors (Lipinski definition) is 4. The van der Waals surface area contributed by atoms with Crippen molar-refractivity contribution < 1.29 is 17.5 Å². The van der Waals surface area contributed by atoms with Crippen molar-refractivity contribution >= 4 is 15.8 Å². The van der Waals surface area contributed by atoms with Crippen molar-refractivity contribution in [2.45, 2.75) is 58.2 Å². The Morgan fingerprint density at radius 1 is 1.20 bits per heavy atom. The number of hydrogen-bond donors (Lipinski definition) is 2. The zero-order valence-electron chi connectivity index (χ0n) is 18.5. The molecule has 1 saturated carbocycles. The van der Waals surface area contributed by atoms with E-state index in [0.29, 0.717) is 23.6 Å². The van der Waals surface area contributed by atoms with Gasteiger partial charge in [-0.15, -0.1) is 0 Å². The first-order valence-electron chi connectivity index (χ1n) is 10.8. The molecule has 8 heteroatoms. The van der Waals surface area contributed by atoms with E-state index in [9.17, 15) is 12.8 Å². The van der Waals surface area contributed by atoms with Crippen LogP contribution in [0.4, 0.5) is 4.39 Å². The number of nitrogens with one attached hydrogen (secondary N) is 2. The number of aliphatic imine (C=N–C) groups is 1. The SMILES string of the molecule is CCNC(=NCc1cc(F)ccc1CS(C)(=O)=O)NCC1(CCOCC)CCCC1. The monoisotopic (exact) mass is 441 g/mol. The average molecular weight is 442 g/mol. The predicted molar refractivity (Wildman–Crippen MR) is 120 cm³/mol. The third-order valence-corrected chi connectivity index (χ3v) is 6.45. The third kappa shape index (κ3) is 8.22. The first-order chi connectivity index (χ1) is 14.3. The van der Waals surface area contributed by atoms with Crippen LogP contribution in [0.25, 0.3) is 0 Å². The molecular weight excluding hydrogens is 405 g/mol. The summed E-state index contributed by atoms with van der Waals surface area (Å²) in [6.45, 7) is 7.24. The summed E-state index contributed by atoms with van der Waals surface area (Å²) in [5.74, 6) is 0.147. The molecule has 0 aliphatic heterocycles. The summed E-state index contributed by atoms with van der Waals surface area (Å²) >= 11 is 0. The molecule has 0 unspecified atom stereocenters. The molecule has 0 radical (unpaired) electrons. The summed E-state index contributed by atoms with van der Waals surface area (Å²) in [4.78, 5) is 4.61. The van der Waals surface area contributed by atoms with Crippen LogP contribution in [0.15, 0.2) is 23.2 Å². The lowest BCUT2D eigenvalue weighted by Crippen LogP contribution is -2.43. The highest BCUT2D eigenvalue weighted by Gasteiger charge is 2.33. The Kier molecular flexibility index (Phi) is 9.55. The van der Waals surface area contributed by atoms with Crippen LogP contribution in [0, 0.1) is 11.2 Å². The van der Waals surface area contributed by atoms with Gasteiger partial charge < -0.3 is 15.4 Å². The van der Waals surface area contributed by atoms with E-state index in [1.54, 1.807) is 0 Å². The van der Waals surface area contributed by atoms with Crippen molar-refractivity contribution in [3.05, 3.63) is 35.1 Å². The molecule has 2 rings (SSSR count). The van der Waals surface area contributed by atoms with Gasteiger partial charge in [-0.25, -0.2) is 17.8 Å². The maximum atomic E-state index is 13.8. The van der Waals surface area contributed by atoms with Crippen LogP contribution in [0.5, 0.6) is 0 Å². The highest BCUT2D eigenvalue weighted by Crippen LogP contribution is 2.40. The molecule has 1 aromatic rings. The number of benzene rings is 1. The fourth-order valence-electron chi connectivity index (χ4n) is 4.02. The normalized spacial score (nSPS) is 16.6. The Labute approximate surface area is 180 Å². The van der Waals surface area contributed by atoms with E-state index >= 15 is 0 Å². The van der Waals surface area contributed by atoms with E-state index in [4.69, 9.17) is 4.74 Å². The average Bonchev–Trinajstić information content (AvgIpc) is 3.14. The largest absolute Gasteiger partial charge is 0.382 e.